The highest BCUT2D eigenvalue weighted by Gasteiger charge is 2.36. The number of ether oxygens (including phenoxy) is 2. The summed E-state index contributed by atoms with van der Waals surface area (Å²) in [6.45, 7) is 3.17. The fourth-order valence-corrected chi connectivity index (χ4v) is 3.33. The van der Waals surface area contributed by atoms with Crippen molar-refractivity contribution in [2.75, 3.05) is 20.3 Å². The van der Waals surface area contributed by atoms with Gasteiger partial charge >= 0.3 is 0 Å². The third-order valence-corrected chi connectivity index (χ3v) is 4.58. The van der Waals surface area contributed by atoms with Crippen molar-refractivity contribution in [3.8, 4) is 5.75 Å². The molecule has 0 spiro atoms. The summed E-state index contributed by atoms with van der Waals surface area (Å²) in [6, 6.07) is 12.2. The molecule has 1 atom stereocenters. The molecule has 1 amide bonds. The lowest BCUT2D eigenvalue weighted by molar-refractivity contribution is 0.0948. The predicted octanol–water partition coefficient (Wildman–Crippen LogP) is 3.53. The molecule has 1 N–H and O–H groups in total. The lowest BCUT2D eigenvalue weighted by Gasteiger charge is -2.24. The summed E-state index contributed by atoms with van der Waals surface area (Å²) in [6.07, 6.45) is 1.89. The number of hydrogen-bond acceptors (Lipinski definition) is 3. The van der Waals surface area contributed by atoms with Crippen molar-refractivity contribution in [2.24, 2.45) is 0 Å². The van der Waals surface area contributed by atoms with Crippen molar-refractivity contribution >= 4 is 5.91 Å². The summed E-state index contributed by atoms with van der Waals surface area (Å²) in [5.41, 5.74) is 1.71. The maximum atomic E-state index is 14.0. The van der Waals surface area contributed by atoms with E-state index in [9.17, 15) is 9.18 Å². The van der Waals surface area contributed by atoms with Crippen molar-refractivity contribution in [1.82, 2.24) is 5.32 Å². The SMILES string of the molecule is COCCCNC(=O)c1ccc2c(c1)C[C@@](C)(Cc1ccccc1F)O2. The predicted molar refractivity (Wildman–Crippen MR) is 98.1 cm³/mol. The Labute approximate surface area is 153 Å². The van der Waals surface area contributed by atoms with E-state index in [1.165, 1.54) is 6.07 Å². The van der Waals surface area contributed by atoms with E-state index in [2.05, 4.69) is 5.32 Å². The first-order valence-corrected chi connectivity index (χ1v) is 8.83. The van der Waals surface area contributed by atoms with Gasteiger partial charge in [-0.15, -0.1) is 0 Å². The number of fused-ring (bicyclic) bond motifs is 1. The van der Waals surface area contributed by atoms with Crippen LogP contribution in [0.15, 0.2) is 42.5 Å². The van der Waals surface area contributed by atoms with Gasteiger partial charge in [0, 0.05) is 38.7 Å². The van der Waals surface area contributed by atoms with Crippen molar-refractivity contribution in [3.63, 3.8) is 0 Å². The average Bonchev–Trinajstić information content (AvgIpc) is 2.95. The summed E-state index contributed by atoms with van der Waals surface area (Å²) < 4.78 is 25.0. The molecule has 1 aliphatic rings. The lowest BCUT2D eigenvalue weighted by atomic mass is 9.91. The van der Waals surface area contributed by atoms with E-state index in [4.69, 9.17) is 9.47 Å². The molecule has 0 bridgehead atoms. The van der Waals surface area contributed by atoms with Gasteiger partial charge in [0.05, 0.1) is 0 Å². The number of rotatable bonds is 7. The van der Waals surface area contributed by atoms with E-state index < -0.39 is 5.60 Å². The van der Waals surface area contributed by atoms with E-state index in [1.807, 2.05) is 25.1 Å². The molecule has 1 heterocycles. The van der Waals surface area contributed by atoms with Crippen molar-refractivity contribution in [3.05, 3.63) is 65.0 Å². The molecule has 0 aromatic heterocycles. The molecule has 0 fully saturated rings. The number of hydrogen-bond donors (Lipinski definition) is 1. The molecule has 26 heavy (non-hydrogen) atoms. The quantitative estimate of drug-likeness (QED) is 0.771. The number of nitrogens with one attached hydrogen (secondary N) is 1. The van der Waals surface area contributed by atoms with Crippen LogP contribution in [-0.4, -0.2) is 31.8 Å². The molecule has 138 valence electrons. The minimum absolute atomic E-state index is 0.105. The summed E-state index contributed by atoms with van der Waals surface area (Å²) in [7, 11) is 1.64. The minimum atomic E-state index is -0.516. The molecule has 0 aliphatic carbocycles. The Morgan fingerprint density at radius 3 is 2.88 bits per heavy atom. The third kappa shape index (κ3) is 4.22. The first-order chi connectivity index (χ1) is 12.5. The van der Waals surface area contributed by atoms with Gasteiger partial charge in [-0.05, 0) is 48.7 Å². The molecular formula is C21H24FNO3. The van der Waals surface area contributed by atoms with Gasteiger partial charge in [-0.3, -0.25) is 4.79 Å². The molecule has 5 heteroatoms. The van der Waals surface area contributed by atoms with Crippen molar-refractivity contribution < 1.29 is 18.7 Å². The second kappa shape index (κ2) is 7.87. The third-order valence-electron chi connectivity index (χ3n) is 4.58. The largest absolute Gasteiger partial charge is 0.487 e. The average molecular weight is 357 g/mol. The first kappa shape index (κ1) is 18.4. The van der Waals surface area contributed by atoms with Crippen LogP contribution in [0.4, 0.5) is 4.39 Å². The van der Waals surface area contributed by atoms with Gasteiger partial charge < -0.3 is 14.8 Å². The van der Waals surface area contributed by atoms with E-state index >= 15 is 0 Å². The van der Waals surface area contributed by atoms with Crippen LogP contribution in [0.5, 0.6) is 5.75 Å². The van der Waals surface area contributed by atoms with Gasteiger partial charge in [0.2, 0.25) is 0 Å². The summed E-state index contributed by atoms with van der Waals surface area (Å²) >= 11 is 0. The molecule has 1 aliphatic heterocycles. The van der Waals surface area contributed by atoms with E-state index in [0.717, 1.165) is 17.7 Å². The highest BCUT2D eigenvalue weighted by Crippen LogP contribution is 2.37. The van der Waals surface area contributed by atoms with Crippen molar-refractivity contribution in [2.45, 2.75) is 31.8 Å². The Hall–Kier alpha value is -2.40. The molecule has 0 unspecified atom stereocenters. The second-order valence-corrected chi connectivity index (χ2v) is 6.92. The van der Waals surface area contributed by atoms with Crippen LogP contribution in [-0.2, 0) is 17.6 Å². The Morgan fingerprint density at radius 2 is 2.12 bits per heavy atom. The Kier molecular flexibility index (Phi) is 5.57. The van der Waals surface area contributed by atoms with Crippen LogP contribution in [0.3, 0.4) is 0 Å². The normalized spacial score (nSPS) is 18.3. The fourth-order valence-electron chi connectivity index (χ4n) is 3.33. The van der Waals surface area contributed by atoms with Crippen LogP contribution in [0.25, 0.3) is 0 Å². The monoisotopic (exact) mass is 357 g/mol. The van der Waals surface area contributed by atoms with Gasteiger partial charge in [0.25, 0.3) is 5.91 Å². The number of carbonyl (C=O) groups is 1. The van der Waals surface area contributed by atoms with Gasteiger partial charge in [-0.25, -0.2) is 4.39 Å². The van der Waals surface area contributed by atoms with Crippen LogP contribution in [0, 0.1) is 5.82 Å². The smallest absolute Gasteiger partial charge is 0.251 e. The Bertz CT molecular complexity index is 793. The maximum Gasteiger partial charge on any atom is 0.251 e. The van der Waals surface area contributed by atoms with Crippen LogP contribution in [0.1, 0.15) is 34.8 Å². The van der Waals surface area contributed by atoms with Crippen LogP contribution < -0.4 is 10.1 Å². The molecule has 2 aromatic carbocycles. The number of benzene rings is 2. The van der Waals surface area contributed by atoms with E-state index in [-0.39, 0.29) is 11.7 Å². The maximum absolute atomic E-state index is 14.0. The Morgan fingerprint density at radius 1 is 1.31 bits per heavy atom. The summed E-state index contributed by atoms with van der Waals surface area (Å²) in [5, 5.41) is 2.88. The Balaban J connectivity index is 1.67. The number of carbonyl (C=O) groups excluding carboxylic acids is 1. The van der Waals surface area contributed by atoms with Crippen molar-refractivity contribution in [1.29, 1.82) is 0 Å². The highest BCUT2D eigenvalue weighted by molar-refractivity contribution is 5.94. The summed E-state index contributed by atoms with van der Waals surface area (Å²) in [4.78, 5) is 12.3. The zero-order valence-electron chi connectivity index (χ0n) is 15.2. The van der Waals surface area contributed by atoms with Crippen LogP contribution >= 0.6 is 0 Å². The summed E-state index contributed by atoms with van der Waals surface area (Å²) in [5.74, 6) is 0.441. The molecular weight excluding hydrogens is 333 g/mol. The topological polar surface area (TPSA) is 47.6 Å². The molecule has 0 radical (unpaired) electrons. The highest BCUT2D eigenvalue weighted by atomic mass is 19.1. The zero-order valence-corrected chi connectivity index (χ0v) is 15.2. The number of halogens is 1. The fraction of sp³-hybridized carbons (Fsp3) is 0.381. The molecule has 4 nitrogen and oxygen atoms in total. The number of amides is 1. The first-order valence-electron chi connectivity index (χ1n) is 8.83. The second-order valence-electron chi connectivity index (χ2n) is 6.92. The minimum Gasteiger partial charge on any atom is -0.487 e. The van der Waals surface area contributed by atoms with Gasteiger partial charge in [0.1, 0.15) is 17.2 Å². The number of methoxy groups -OCH3 is 1. The standard InChI is InChI=1S/C21H24FNO3/c1-21(13-16-6-3-4-7-18(16)22)14-17-12-15(8-9-19(17)26-21)20(24)23-10-5-11-25-2/h3-4,6-9,12H,5,10-11,13-14H2,1-2H3,(H,23,24)/t21-/m1/s1. The van der Waals surface area contributed by atoms with Gasteiger partial charge in [0.15, 0.2) is 0 Å². The molecule has 3 rings (SSSR count). The zero-order chi connectivity index (χ0) is 18.6. The van der Waals surface area contributed by atoms with E-state index in [1.54, 1.807) is 25.3 Å². The molecule has 2 aromatic rings. The van der Waals surface area contributed by atoms with Gasteiger partial charge in [-0.2, -0.15) is 0 Å². The van der Waals surface area contributed by atoms with E-state index in [0.29, 0.717) is 37.1 Å². The molecule has 0 saturated carbocycles. The molecule has 0 saturated heterocycles. The van der Waals surface area contributed by atoms with Gasteiger partial charge in [-0.1, -0.05) is 18.2 Å². The lowest BCUT2D eigenvalue weighted by Crippen LogP contribution is -2.33. The van der Waals surface area contributed by atoms with Crippen LogP contribution in [0.2, 0.25) is 0 Å².